The minimum atomic E-state index is -0.376. The first-order valence-electron chi connectivity index (χ1n) is 7.08. The number of ether oxygens (including phenoxy) is 1. The molecule has 0 bridgehead atoms. The first kappa shape index (κ1) is 15.2. The molecule has 6 heteroatoms. The minimum Gasteiger partial charge on any atom is -0.462 e. The third kappa shape index (κ3) is 3.65. The molecule has 1 aliphatic heterocycles. The molecule has 1 atom stereocenters. The largest absolute Gasteiger partial charge is 0.462 e. The van der Waals surface area contributed by atoms with Crippen LogP contribution >= 0.6 is 0 Å². The molecule has 1 saturated heterocycles. The van der Waals surface area contributed by atoms with Gasteiger partial charge in [0.25, 0.3) is 0 Å². The summed E-state index contributed by atoms with van der Waals surface area (Å²) in [7, 11) is 1.80. The predicted octanol–water partition coefficient (Wildman–Crippen LogP) is 1.48. The number of benzene rings is 1. The molecule has 1 heterocycles. The Labute approximate surface area is 124 Å². The van der Waals surface area contributed by atoms with E-state index >= 15 is 0 Å². The molecule has 1 aromatic carbocycles. The van der Waals surface area contributed by atoms with Crippen molar-refractivity contribution >= 4 is 23.3 Å². The normalized spacial score (nSPS) is 18.5. The SMILES string of the molecule is CCOC(=O)c1ccc(NC2CCC(=O)N(C)C2)c(N)c1. The first-order valence-corrected chi connectivity index (χ1v) is 7.08. The Hall–Kier alpha value is -2.24. The number of hydrogen-bond donors (Lipinski definition) is 2. The second-order valence-electron chi connectivity index (χ2n) is 5.18. The maximum absolute atomic E-state index is 11.6. The number of hydrogen-bond acceptors (Lipinski definition) is 5. The molecule has 1 aliphatic rings. The predicted molar refractivity (Wildman–Crippen MR) is 81.1 cm³/mol. The summed E-state index contributed by atoms with van der Waals surface area (Å²) < 4.78 is 4.94. The van der Waals surface area contributed by atoms with Crippen LogP contribution < -0.4 is 11.1 Å². The highest BCUT2D eigenvalue weighted by Crippen LogP contribution is 2.23. The Morgan fingerprint density at radius 2 is 2.29 bits per heavy atom. The fraction of sp³-hybridized carbons (Fsp3) is 0.467. The zero-order valence-corrected chi connectivity index (χ0v) is 12.4. The van der Waals surface area contributed by atoms with Gasteiger partial charge in [0.05, 0.1) is 23.5 Å². The number of anilines is 2. The molecule has 1 unspecified atom stereocenters. The van der Waals surface area contributed by atoms with Crippen molar-refractivity contribution in [3.8, 4) is 0 Å². The van der Waals surface area contributed by atoms with Crippen molar-refractivity contribution in [3.05, 3.63) is 23.8 Å². The molecule has 0 aromatic heterocycles. The number of rotatable bonds is 4. The summed E-state index contributed by atoms with van der Waals surface area (Å²) >= 11 is 0. The van der Waals surface area contributed by atoms with E-state index in [-0.39, 0.29) is 17.9 Å². The first-order chi connectivity index (χ1) is 10.0. The second kappa shape index (κ2) is 6.47. The number of carbonyl (C=O) groups excluding carboxylic acids is 2. The van der Waals surface area contributed by atoms with Crippen LogP contribution in [0.15, 0.2) is 18.2 Å². The zero-order chi connectivity index (χ0) is 15.4. The van der Waals surface area contributed by atoms with E-state index < -0.39 is 0 Å². The number of esters is 1. The van der Waals surface area contributed by atoms with Crippen LogP contribution in [0.2, 0.25) is 0 Å². The van der Waals surface area contributed by atoms with Crippen molar-refractivity contribution in [1.29, 1.82) is 0 Å². The number of nitrogens with zero attached hydrogens (tertiary/aromatic N) is 1. The van der Waals surface area contributed by atoms with Crippen LogP contribution in [-0.4, -0.2) is 43.0 Å². The van der Waals surface area contributed by atoms with Crippen molar-refractivity contribution in [2.45, 2.75) is 25.8 Å². The Morgan fingerprint density at radius 1 is 1.52 bits per heavy atom. The second-order valence-corrected chi connectivity index (χ2v) is 5.18. The molecule has 114 valence electrons. The van der Waals surface area contributed by atoms with Crippen LogP contribution in [0.4, 0.5) is 11.4 Å². The van der Waals surface area contributed by atoms with Gasteiger partial charge in [0.15, 0.2) is 0 Å². The van der Waals surface area contributed by atoms with Crippen LogP contribution in [0.3, 0.4) is 0 Å². The van der Waals surface area contributed by atoms with Crippen molar-refractivity contribution in [1.82, 2.24) is 4.90 Å². The van der Waals surface area contributed by atoms with Crippen molar-refractivity contribution in [2.75, 3.05) is 31.2 Å². The third-order valence-electron chi connectivity index (χ3n) is 3.55. The molecule has 1 aromatic rings. The Kier molecular flexibility index (Phi) is 4.67. The summed E-state index contributed by atoms with van der Waals surface area (Å²) in [5, 5.41) is 3.33. The van der Waals surface area contributed by atoms with Gasteiger partial charge in [0.1, 0.15) is 0 Å². The maximum Gasteiger partial charge on any atom is 0.338 e. The monoisotopic (exact) mass is 291 g/mol. The lowest BCUT2D eigenvalue weighted by Gasteiger charge is -2.31. The summed E-state index contributed by atoms with van der Waals surface area (Å²) in [5.41, 5.74) is 7.70. The summed E-state index contributed by atoms with van der Waals surface area (Å²) in [6.07, 6.45) is 1.32. The van der Waals surface area contributed by atoms with E-state index in [9.17, 15) is 9.59 Å². The molecular weight excluding hydrogens is 270 g/mol. The van der Waals surface area contributed by atoms with Crippen molar-refractivity contribution < 1.29 is 14.3 Å². The van der Waals surface area contributed by atoms with Gasteiger partial charge in [-0.1, -0.05) is 0 Å². The Bertz CT molecular complexity index is 545. The average molecular weight is 291 g/mol. The van der Waals surface area contributed by atoms with Gasteiger partial charge in [-0.15, -0.1) is 0 Å². The van der Waals surface area contributed by atoms with Crippen LogP contribution in [0.5, 0.6) is 0 Å². The van der Waals surface area contributed by atoms with Gasteiger partial charge in [-0.05, 0) is 31.5 Å². The number of piperidine rings is 1. The highest BCUT2D eigenvalue weighted by Gasteiger charge is 2.23. The fourth-order valence-electron chi connectivity index (χ4n) is 2.39. The molecule has 0 radical (unpaired) electrons. The summed E-state index contributed by atoms with van der Waals surface area (Å²) in [4.78, 5) is 24.8. The van der Waals surface area contributed by atoms with Gasteiger partial charge in [0.2, 0.25) is 5.91 Å². The smallest absolute Gasteiger partial charge is 0.338 e. The van der Waals surface area contributed by atoms with E-state index in [1.54, 1.807) is 37.1 Å². The van der Waals surface area contributed by atoms with E-state index in [2.05, 4.69) is 5.32 Å². The van der Waals surface area contributed by atoms with E-state index in [4.69, 9.17) is 10.5 Å². The zero-order valence-electron chi connectivity index (χ0n) is 12.4. The summed E-state index contributed by atoms with van der Waals surface area (Å²) in [6.45, 7) is 2.75. The number of amides is 1. The van der Waals surface area contributed by atoms with E-state index in [1.807, 2.05) is 0 Å². The van der Waals surface area contributed by atoms with Gasteiger partial charge < -0.3 is 20.7 Å². The molecule has 21 heavy (non-hydrogen) atoms. The van der Waals surface area contributed by atoms with Gasteiger partial charge in [-0.3, -0.25) is 4.79 Å². The molecule has 3 N–H and O–H groups in total. The number of likely N-dealkylation sites (N-methyl/N-ethyl adjacent to an activating group) is 1. The standard InChI is InChI=1S/C15H21N3O3/c1-3-21-15(20)10-4-6-13(12(16)8-10)17-11-5-7-14(19)18(2)9-11/h4,6,8,11,17H,3,5,7,9,16H2,1-2H3. The number of nitrogens with two attached hydrogens (primary N) is 1. The van der Waals surface area contributed by atoms with Gasteiger partial charge in [-0.25, -0.2) is 4.79 Å². The molecule has 6 nitrogen and oxygen atoms in total. The average Bonchev–Trinajstić information content (AvgIpc) is 2.45. The number of carbonyl (C=O) groups is 2. The van der Waals surface area contributed by atoms with Gasteiger partial charge >= 0.3 is 5.97 Å². The highest BCUT2D eigenvalue weighted by molar-refractivity contribution is 5.92. The molecule has 0 saturated carbocycles. The van der Waals surface area contributed by atoms with E-state index in [0.29, 0.717) is 30.8 Å². The van der Waals surface area contributed by atoms with Crippen LogP contribution in [0.1, 0.15) is 30.1 Å². The molecule has 0 aliphatic carbocycles. The molecule has 1 amide bonds. The topological polar surface area (TPSA) is 84.7 Å². The molecular formula is C15H21N3O3. The summed E-state index contributed by atoms with van der Waals surface area (Å²) in [6, 6.07) is 5.24. The molecule has 2 rings (SSSR count). The van der Waals surface area contributed by atoms with Crippen molar-refractivity contribution in [2.24, 2.45) is 0 Å². The van der Waals surface area contributed by atoms with Crippen LogP contribution in [-0.2, 0) is 9.53 Å². The van der Waals surface area contributed by atoms with Gasteiger partial charge in [-0.2, -0.15) is 0 Å². The molecule has 1 fully saturated rings. The third-order valence-corrected chi connectivity index (χ3v) is 3.55. The lowest BCUT2D eigenvalue weighted by Crippen LogP contribution is -2.43. The fourth-order valence-corrected chi connectivity index (χ4v) is 2.39. The quantitative estimate of drug-likeness (QED) is 0.648. The number of nitrogens with one attached hydrogen (secondary N) is 1. The van der Waals surface area contributed by atoms with E-state index in [1.165, 1.54) is 0 Å². The molecule has 0 spiro atoms. The highest BCUT2D eigenvalue weighted by atomic mass is 16.5. The van der Waals surface area contributed by atoms with Crippen LogP contribution in [0, 0.1) is 0 Å². The lowest BCUT2D eigenvalue weighted by atomic mass is 10.0. The van der Waals surface area contributed by atoms with E-state index in [0.717, 1.165) is 12.1 Å². The number of nitrogen functional groups attached to an aromatic ring is 1. The number of likely N-dealkylation sites (tertiary alicyclic amines) is 1. The van der Waals surface area contributed by atoms with Gasteiger partial charge in [0, 0.05) is 26.1 Å². The maximum atomic E-state index is 11.6. The lowest BCUT2D eigenvalue weighted by molar-refractivity contribution is -0.132. The Balaban J connectivity index is 2.04. The minimum absolute atomic E-state index is 0.165. The van der Waals surface area contributed by atoms with Crippen molar-refractivity contribution in [3.63, 3.8) is 0 Å². The Morgan fingerprint density at radius 3 is 2.90 bits per heavy atom. The van der Waals surface area contributed by atoms with Crippen LogP contribution in [0.25, 0.3) is 0 Å². The summed E-state index contributed by atoms with van der Waals surface area (Å²) in [5.74, 6) is -0.211.